The summed E-state index contributed by atoms with van der Waals surface area (Å²) >= 11 is 6.51. The van der Waals surface area contributed by atoms with E-state index in [1.165, 1.54) is 18.4 Å². The predicted molar refractivity (Wildman–Crippen MR) is 78.9 cm³/mol. The number of ether oxygens (including phenoxy) is 2. The van der Waals surface area contributed by atoms with E-state index >= 15 is 0 Å². The second-order valence-corrected chi connectivity index (χ2v) is 5.45. The average Bonchev–Trinajstić information content (AvgIpc) is 3.06. The van der Waals surface area contributed by atoms with Crippen LogP contribution in [0.1, 0.15) is 22.5 Å². The van der Waals surface area contributed by atoms with Gasteiger partial charge in [-0.05, 0) is 36.5 Å². The van der Waals surface area contributed by atoms with E-state index in [0.29, 0.717) is 22.2 Å². The van der Waals surface area contributed by atoms with Crippen LogP contribution in [0.5, 0.6) is 0 Å². The van der Waals surface area contributed by atoms with Gasteiger partial charge in [0.2, 0.25) is 0 Å². The van der Waals surface area contributed by atoms with Crippen LogP contribution in [0.25, 0.3) is 0 Å². The number of carbonyl (C=O) groups excluding carboxylic acids is 1. The van der Waals surface area contributed by atoms with Crippen molar-refractivity contribution in [3.05, 3.63) is 16.3 Å². The van der Waals surface area contributed by atoms with Gasteiger partial charge in [0.15, 0.2) is 5.11 Å². The summed E-state index contributed by atoms with van der Waals surface area (Å²) in [7, 11) is 1.36. The number of esters is 1. The highest BCUT2D eigenvalue weighted by molar-refractivity contribution is 7.80. The lowest BCUT2D eigenvalue weighted by atomic mass is 10.2. The summed E-state index contributed by atoms with van der Waals surface area (Å²) in [6.07, 6.45) is 2.38. The number of anilines is 1. The highest BCUT2D eigenvalue weighted by atomic mass is 32.1. The molecule has 2 rings (SSSR count). The standard InChI is InChI=1S/C12H16N2O3S2/c1-16-11(15)10-9(4-6-19-10)14-12(18)13-7-8-3-2-5-17-8/h4,6,8H,2-3,5,7H2,1H3,(H2,13,14,18). The molecule has 0 amide bonds. The summed E-state index contributed by atoms with van der Waals surface area (Å²) in [6.45, 7) is 1.51. The Bertz CT molecular complexity index is 456. The molecule has 0 aliphatic carbocycles. The van der Waals surface area contributed by atoms with Crippen molar-refractivity contribution >= 4 is 40.3 Å². The van der Waals surface area contributed by atoms with Gasteiger partial charge in [-0.1, -0.05) is 0 Å². The van der Waals surface area contributed by atoms with Crippen LogP contribution in [0.3, 0.4) is 0 Å². The Balaban J connectivity index is 1.84. The minimum absolute atomic E-state index is 0.224. The van der Waals surface area contributed by atoms with Crippen LogP contribution >= 0.6 is 23.6 Å². The number of methoxy groups -OCH3 is 1. The second-order valence-electron chi connectivity index (χ2n) is 4.13. The molecular formula is C12H16N2O3S2. The molecule has 0 bridgehead atoms. The maximum atomic E-state index is 11.5. The Hall–Kier alpha value is -1.18. The molecule has 1 atom stereocenters. The molecule has 1 saturated heterocycles. The van der Waals surface area contributed by atoms with E-state index in [4.69, 9.17) is 21.7 Å². The molecule has 1 aromatic heterocycles. The Morgan fingerprint density at radius 2 is 2.53 bits per heavy atom. The molecule has 2 N–H and O–H groups in total. The molecule has 2 heterocycles. The van der Waals surface area contributed by atoms with Crippen LogP contribution < -0.4 is 10.6 Å². The van der Waals surface area contributed by atoms with E-state index in [9.17, 15) is 4.79 Å². The zero-order chi connectivity index (χ0) is 13.7. The topological polar surface area (TPSA) is 59.6 Å². The van der Waals surface area contributed by atoms with Crippen LogP contribution in [0.4, 0.5) is 5.69 Å². The van der Waals surface area contributed by atoms with Crippen molar-refractivity contribution in [3.8, 4) is 0 Å². The van der Waals surface area contributed by atoms with Crippen LogP contribution in [-0.2, 0) is 9.47 Å². The van der Waals surface area contributed by atoms with E-state index in [-0.39, 0.29) is 12.1 Å². The van der Waals surface area contributed by atoms with Gasteiger partial charge in [0.25, 0.3) is 0 Å². The summed E-state index contributed by atoms with van der Waals surface area (Å²) in [5, 5.41) is 8.40. The highest BCUT2D eigenvalue weighted by Crippen LogP contribution is 2.23. The van der Waals surface area contributed by atoms with Crippen LogP contribution in [-0.4, -0.2) is 37.4 Å². The normalized spacial score (nSPS) is 18.1. The van der Waals surface area contributed by atoms with E-state index in [1.807, 2.05) is 5.38 Å². The van der Waals surface area contributed by atoms with Gasteiger partial charge >= 0.3 is 5.97 Å². The SMILES string of the molecule is COC(=O)c1sccc1NC(=S)NCC1CCCO1. The molecule has 104 valence electrons. The summed E-state index contributed by atoms with van der Waals surface area (Å²) in [5.41, 5.74) is 0.668. The average molecular weight is 300 g/mol. The number of rotatable bonds is 4. The lowest BCUT2D eigenvalue weighted by Gasteiger charge is -2.13. The Morgan fingerprint density at radius 1 is 1.68 bits per heavy atom. The molecule has 1 unspecified atom stereocenters. The molecule has 0 saturated carbocycles. The zero-order valence-corrected chi connectivity index (χ0v) is 12.2. The third-order valence-electron chi connectivity index (χ3n) is 2.80. The minimum Gasteiger partial charge on any atom is -0.465 e. The minimum atomic E-state index is -0.362. The monoisotopic (exact) mass is 300 g/mol. The maximum Gasteiger partial charge on any atom is 0.350 e. The van der Waals surface area contributed by atoms with Gasteiger partial charge < -0.3 is 20.1 Å². The van der Waals surface area contributed by atoms with Crippen molar-refractivity contribution in [2.24, 2.45) is 0 Å². The molecule has 5 nitrogen and oxygen atoms in total. The summed E-state index contributed by atoms with van der Waals surface area (Å²) < 4.78 is 10.2. The van der Waals surface area contributed by atoms with Crippen molar-refractivity contribution in [2.45, 2.75) is 18.9 Å². The fourth-order valence-corrected chi connectivity index (χ4v) is 2.80. The van der Waals surface area contributed by atoms with Crippen LogP contribution in [0, 0.1) is 0 Å². The molecule has 19 heavy (non-hydrogen) atoms. The summed E-state index contributed by atoms with van der Waals surface area (Å²) in [6, 6.07) is 1.80. The van der Waals surface area contributed by atoms with E-state index < -0.39 is 0 Å². The molecular weight excluding hydrogens is 284 g/mol. The largest absolute Gasteiger partial charge is 0.465 e. The number of thiophene rings is 1. The summed E-state index contributed by atoms with van der Waals surface area (Å²) in [4.78, 5) is 12.0. The van der Waals surface area contributed by atoms with Gasteiger partial charge in [-0.2, -0.15) is 0 Å². The molecule has 1 aromatic rings. The smallest absolute Gasteiger partial charge is 0.350 e. The Morgan fingerprint density at radius 3 is 3.21 bits per heavy atom. The van der Waals surface area contributed by atoms with Gasteiger partial charge in [-0.25, -0.2) is 4.79 Å². The fourth-order valence-electron chi connectivity index (χ4n) is 1.84. The van der Waals surface area contributed by atoms with E-state index in [1.54, 1.807) is 6.07 Å². The highest BCUT2D eigenvalue weighted by Gasteiger charge is 2.17. The fraction of sp³-hybridized carbons (Fsp3) is 0.500. The van der Waals surface area contributed by atoms with Gasteiger partial charge in [-0.15, -0.1) is 11.3 Å². The van der Waals surface area contributed by atoms with Crippen molar-refractivity contribution in [1.29, 1.82) is 0 Å². The molecule has 1 aliphatic heterocycles. The number of nitrogens with one attached hydrogen (secondary N) is 2. The van der Waals surface area contributed by atoms with Crippen LogP contribution in [0.2, 0.25) is 0 Å². The molecule has 0 spiro atoms. The second kappa shape index (κ2) is 6.83. The molecule has 1 aliphatic rings. The number of thiocarbonyl (C=S) groups is 1. The lowest BCUT2D eigenvalue weighted by molar-refractivity contribution is 0.0607. The first-order valence-corrected chi connectivity index (χ1v) is 7.31. The first-order valence-electron chi connectivity index (χ1n) is 6.03. The molecule has 1 fully saturated rings. The van der Waals surface area contributed by atoms with Crippen LogP contribution in [0.15, 0.2) is 11.4 Å². The molecule has 7 heteroatoms. The predicted octanol–water partition coefficient (Wildman–Crippen LogP) is 2.00. The molecule has 0 radical (unpaired) electrons. The van der Waals surface area contributed by atoms with E-state index in [0.717, 1.165) is 19.4 Å². The first kappa shape index (κ1) is 14.2. The van der Waals surface area contributed by atoms with Crippen molar-refractivity contribution in [3.63, 3.8) is 0 Å². The lowest BCUT2D eigenvalue weighted by Crippen LogP contribution is -2.35. The van der Waals surface area contributed by atoms with E-state index in [2.05, 4.69) is 10.6 Å². The van der Waals surface area contributed by atoms with Gasteiger partial charge in [0.05, 0.1) is 18.9 Å². The van der Waals surface area contributed by atoms with Crippen molar-refractivity contribution in [1.82, 2.24) is 5.32 Å². The number of hydrogen-bond donors (Lipinski definition) is 2. The van der Waals surface area contributed by atoms with Gasteiger partial charge in [0.1, 0.15) is 4.88 Å². The van der Waals surface area contributed by atoms with Gasteiger partial charge in [-0.3, -0.25) is 0 Å². The van der Waals surface area contributed by atoms with Crippen molar-refractivity contribution < 1.29 is 14.3 Å². The molecule has 0 aromatic carbocycles. The number of carbonyl (C=O) groups is 1. The quantitative estimate of drug-likeness (QED) is 0.655. The maximum absolute atomic E-state index is 11.5. The zero-order valence-electron chi connectivity index (χ0n) is 10.6. The van der Waals surface area contributed by atoms with Crippen molar-refractivity contribution in [2.75, 3.05) is 25.6 Å². The third-order valence-corrected chi connectivity index (χ3v) is 3.94. The summed E-state index contributed by atoms with van der Waals surface area (Å²) in [5.74, 6) is -0.362. The Kier molecular flexibility index (Phi) is 5.12. The Labute approximate surface area is 121 Å². The third kappa shape index (κ3) is 3.89. The first-order chi connectivity index (χ1) is 9.20. The number of hydrogen-bond acceptors (Lipinski definition) is 5. The van der Waals surface area contributed by atoms with Gasteiger partial charge in [0, 0.05) is 13.2 Å².